The fraction of sp³-hybridized carbons (Fsp3) is 0.474. The van der Waals surface area contributed by atoms with Crippen molar-refractivity contribution in [3.8, 4) is 0 Å². The Morgan fingerprint density at radius 3 is 2.76 bits per heavy atom. The number of fused-ring (bicyclic) bond motifs is 3. The minimum Gasteiger partial charge on any atom is -0.319 e. The van der Waals surface area contributed by atoms with Crippen LogP contribution in [0.1, 0.15) is 31.7 Å². The molecule has 2 aromatic heterocycles. The van der Waals surface area contributed by atoms with E-state index in [1.54, 1.807) is 4.57 Å². The second-order valence-corrected chi connectivity index (χ2v) is 8.01. The van der Waals surface area contributed by atoms with Gasteiger partial charge in [0.15, 0.2) is 0 Å². The number of hydrogen-bond donors (Lipinski definition) is 1. The van der Waals surface area contributed by atoms with E-state index in [0.717, 1.165) is 51.7 Å². The zero-order chi connectivity index (χ0) is 17.6. The van der Waals surface area contributed by atoms with Gasteiger partial charge in [-0.15, -0.1) is 0 Å². The van der Waals surface area contributed by atoms with Gasteiger partial charge in [-0.25, -0.2) is 4.79 Å². The smallest absolute Gasteiger partial charge is 0.319 e. The van der Waals surface area contributed by atoms with Gasteiger partial charge in [0.1, 0.15) is 0 Å². The zero-order valence-corrected chi connectivity index (χ0v) is 16.2. The van der Waals surface area contributed by atoms with Crippen LogP contribution in [0.25, 0.3) is 21.9 Å². The van der Waals surface area contributed by atoms with E-state index in [1.165, 1.54) is 12.8 Å². The Hall–Kier alpha value is -1.66. The van der Waals surface area contributed by atoms with Crippen LogP contribution in [-0.4, -0.2) is 27.7 Å². The summed E-state index contributed by atoms with van der Waals surface area (Å²) >= 11 is 3.56. The number of halogens is 1. The van der Waals surface area contributed by atoms with Crippen molar-refractivity contribution in [1.82, 2.24) is 19.4 Å². The Morgan fingerprint density at radius 2 is 2.04 bits per heavy atom. The van der Waals surface area contributed by atoms with Crippen molar-refractivity contribution in [2.45, 2.75) is 31.7 Å². The van der Waals surface area contributed by atoms with Crippen LogP contribution >= 0.6 is 15.9 Å². The topological polar surface area (TPSA) is 51.9 Å². The molecule has 0 unspecified atom stereocenters. The second kappa shape index (κ2) is 6.57. The molecule has 4 rings (SSSR count). The van der Waals surface area contributed by atoms with Crippen LogP contribution in [0.3, 0.4) is 0 Å². The minimum atomic E-state index is 0.0707. The van der Waals surface area contributed by atoms with Gasteiger partial charge in [0.25, 0.3) is 0 Å². The third kappa shape index (κ3) is 2.81. The molecule has 1 aliphatic carbocycles. The summed E-state index contributed by atoms with van der Waals surface area (Å²) < 4.78 is 4.78. The number of aromatic nitrogens is 3. The highest BCUT2D eigenvalue weighted by atomic mass is 79.9. The summed E-state index contributed by atoms with van der Waals surface area (Å²) in [7, 11) is 3.86. The van der Waals surface area contributed by atoms with Crippen molar-refractivity contribution < 1.29 is 0 Å². The van der Waals surface area contributed by atoms with Crippen LogP contribution in [0.4, 0.5) is 0 Å². The molecular formula is C19H23BrN4O. The second-order valence-electron chi connectivity index (χ2n) is 7.10. The summed E-state index contributed by atoms with van der Waals surface area (Å²) in [5.41, 5.74) is 2.93. The van der Waals surface area contributed by atoms with Crippen molar-refractivity contribution in [3.63, 3.8) is 0 Å². The van der Waals surface area contributed by atoms with Gasteiger partial charge in [0.05, 0.1) is 22.7 Å². The number of benzene rings is 1. The average molecular weight is 403 g/mol. The lowest BCUT2D eigenvalue weighted by atomic mass is 9.86. The van der Waals surface area contributed by atoms with Crippen LogP contribution in [0.5, 0.6) is 0 Å². The van der Waals surface area contributed by atoms with Crippen LogP contribution in [0.2, 0.25) is 0 Å². The van der Waals surface area contributed by atoms with Gasteiger partial charge in [0, 0.05) is 22.9 Å². The summed E-state index contributed by atoms with van der Waals surface area (Å²) in [6, 6.07) is 6.35. The van der Waals surface area contributed by atoms with E-state index in [0.29, 0.717) is 0 Å². The maximum absolute atomic E-state index is 13.0. The normalized spacial score (nSPS) is 21.2. The maximum atomic E-state index is 13.0. The standard InChI is InChI=1S/C19H23BrN4O/c1-21-10-12-3-6-14(7-4-12)24-18-15-9-13(20)5-8-16(15)22-11-17(18)23(2)19(24)25/h5,8-9,11-12,14,21H,3-4,6-7,10H2,1-2H3. The van der Waals surface area contributed by atoms with Gasteiger partial charge in [0.2, 0.25) is 0 Å². The zero-order valence-electron chi connectivity index (χ0n) is 14.6. The van der Waals surface area contributed by atoms with Gasteiger partial charge < -0.3 is 5.32 Å². The number of nitrogens with one attached hydrogen (secondary N) is 1. The first-order chi connectivity index (χ1) is 12.1. The summed E-state index contributed by atoms with van der Waals surface area (Å²) in [5.74, 6) is 0.722. The molecular weight excluding hydrogens is 380 g/mol. The number of aryl methyl sites for hydroxylation is 1. The Kier molecular flexibility index (Phi) is 4.41. The Morgan fingerprint density at radius 1 is 1.28 bits per heavy atom. The quantitative estimate of drug-likeness (QED) is 0.727. The summed E-state index contributed by atoms with van der Waals surface area (Å²) in [5, 5.41) is 4.32. The van der Waals surface area contributed by atoms with Crippen LogP contribution in [-0.2, 0) is 7.05 Å². The SMILES string of the molecule is CNCC1CCC(n2c(=O)n(C)c3cnc4ccc(Br)cc4c32)CC1. The summed E-state index contributed by atoms with van der Waals surface area (Å²) in [4.78, 5) is 17.5. The molecule has 3 aromatic rings. The highest BCUT2D eigenvalue weighted by molar-refractivity contribution is 9.10. The van der Waals surface area contributed by atoms with Crippen LogP contribution in [0.15, 0.2) is 33.7 Å². The molecule has 25 heavy (non-hydrogen) atoms. The first-order valence-electron chi connectivity index (χ1n) is 8.90. The van der Waals surface area contributed by atoms with Gasteiger partial charge in [-0.1, -0.05) is 15.9 Å². The summed E-state index contributed by atoms with van der Waals surface area (Å²) in [6.45, 7) is 1.07. The van der Waals surface area contributed by atoms with E-state index in [1.807, 2.05) is 37.0 Å². The number of imidazole rings is 1. The molecule has 0 saturated heterocycles. The van der Waals surface area contributed by atoms with E-state index in [-0.39, 0.29) is 11.7 Å². The monoisotopic (exact) mass is 402 g/mol. The lowest BCUT2D eigenvalue weighted by Crippen LogP contribution is -2.30. The van der Waals surface area contributed by atoms with E-state index < -0.39 is 0 Å². The molecule has 1 aliphatic rings. The lowest BCUT2D eigenvalue weighted by Gasteiger charge is -2.29. The molecule has 0 radical (unpaired) electrons. The predicted octanol–water partition coefficient (Wildman–Crippen LogP) is 3.60. The fourth-order valence-corrected chi connectivity index (χ4v) is 4.59. The van der Waals surface area contributed by atoms with Crippen LogP contribution < -0.4 is 11.0 Å². The number of pyridine rings is 1. The molecule has 1 saturated carbocycles. The molecule has 0 bridgehead atoms. The molecule has 0 spiro atoms. The van der Waals surface area contributed by atoms with Crippen molar-refractivity contribution in [2.24, 2.45) is 13.0 Å². The van der Waals surface area contributed by atoms with Gasteiger partial charge >= 0.3 is 5.69 Å². The van der Waals surface area contributed by atoms with Crippen molar-refractivity contribution in [1.29, 1.82) is 0 Å². The van der Waals surface area contributed by atoms with Crippen molar-refractivity contribution >= 4 is 37.9 Å². The van der Waals surface area contributed by atoms with E-state index in [2.05, 4.69) is 32.3 Å². The first kappa shape index (κ1) is 16.8. The Labute approximate surface area is 155 Å². The van der Waals surface area contributed by atoms with Gasteiger partial charge in [-0.3, -0.25) is 14.1 Å². The maximum Gasteiger partial charge on any atom is 0.329 e. The molecule has 2 heterocycles. The minimum absolute atomic E-state index is 0.0707. The molecule has 0 aliphatic heterocycles. The molecule has 6 heteroatoms. The average Bonchev–Trinajstić information content (AvgIpc) is 2.88. The fourth-order valence-electron chi connectivity index (χ4n) is 4.23. The molecule has 0 amide bonds. The Balaban J connectivity index is 1.87. The highest BCUT2D eigenvalue weighted by Crippen LogP contribution is 2.35. The molecule has 1 aromatic carbocycles. The third-order valence-electron chi connectivity index (χ3n) is 5.55. The summed E-state index contributed by atoms with van der Waals surface area (Å²) in [6.07, 6.45) is 6.28. The van der Waals surface area contributed by atoms with Gasteiger partial charge in [-0.05, 0) is 63.4 Å². The molecule has 132 valence electrons. The van der Waals surface area contributed by atoms with E-state index >= 15 is 0 Å². The molecule has 5 nitrogen and oxygen atoms in total. The predicted molar refractivity (Wildman–Crippen MR) is 105 cm³/mol. The van der Waals surface area contributed by atoms with Gasteiger partial charge in [-0.2, -0.15) is 0 Å². The number of hydrogen-bond acceptors (Lipinski definition) is 3. The number of rotatable bonds is 3. The largest absolute Gasteiger partial charge is 0.329 e. The number of nitrogens with zero attached hydrogens (tertiary/aromatic N) is 3. The van der Waals surface area contributed by atoms with Crippen molar-refractivity contribution in [2.75, 3.05) is 13.6 Å². The first-order valence-corrected chi connectivity index (χ1v) is 9.69. The van der Waals surface area contributed by atoms with Crippen LogP contribution in [0, 0.1) is 5.92 Å². The molecule has 1 fully saturated rings. The lowest BCUT2D eigenvalue weighted by molar-refractivity contribution is 0.271. The third-order valence-corrected chi connectivity index (χ3v) is 6.05. The van der Waals surface area contributed by atoms with E-state index in [4.69, 9.17) is 0 Å². The molecule has 0 atom stereocenters. The van der Waals surface area contributed by atoms with Crippen molar-refractivity contribution in [3.05, 3.63) is 39.4 Å². The molecule has 1 N–H and O–H groups in total. The highest BCUT2D eigenvalue weighted by Gasteiger charge is 2.26. The Bertz CT molecular complexity index is 982. The van der Waals surface area contributed by atoms with E-state index in [9.17, 15) is 4.79 Å².